The lowest BCUT2D eigenvalue weighted by Gasteiger charge is -2.09. The van der Waals surface area contributed by atoms with E-state index in [0.29, 0.717) is 11.6 Å². The number of rotatable bonds is 8. The molecule has 1 aliphatic rings. The van der Waals surface area contributed by atoms with Gasteiger partial charge in [0.25, 0.3) is 0 Å². The average molecular weight is 388 g/mol. The van der Waals surface area contributed by atoms with Crippen LogP contribution in [0.15, 0.2) is 33.8 Å². The molecule has 0 spiro atoms. The van der Waals surface area contributed by atoms with Gasteiger partial charge in [0.15, 0.2) is 0 Å². The monoisotopic (exact) mass is 387 g/mol. The molecular weight excluding hydrogens is 370 g/mol. The van der Waals surface area contributed by atoms with Gasteiger partial charge in [-0.3, -0.25) is 4.79 Å². The highest BCUT2D eigenvalue weighted by atomic mass is 79.9. The first-order valence-electron chi connectivity index (χ1n) is 7.13. The number of hydroxylamine groups is 2. The maximum atomic E-state index is 10.4. The molecule has 0 unspecified atom stereocenters. The number of aliphatic carboxylic acids is 1. The molecule has 0 amide bonds. The van der Waals surface area contributed by atoms with Crippen LogP contribution in [0.25, 0.3) is 6.08 Å². The van der Waals surface area contributed by atoms with Crippen LogP contribution in [0, 0.1) is 0 Å². The number of nitrogens with zero attached hydrogens (tertiary/aromatic N) is 1. The topological polar surface area (TPSA) is 59.0 Å². The summed E-state index contributed by atoms with van der Waals surface area (Å²) >= 11 is 4.63. The molecule has 1 heterocycles. The summed E-state index contributed by atoms with van der Waals surface area (Å²) in [6, 6.07) is 7.93. The van der Waals surface area contributed by atoms with Gasteiger partial charge in [-0.05, 0) is 41.8 Å². The minimum absolute atomic E-state index is 0.242. The van der Waals surface area contributed by atoms with Crippen LogP contribution in [-0.2, 0) is 13.9 Å². The number of carbonyl (C=O) groups is 1. The van der Waals surface area contributed by atoms with Gasteiger partial charge in [-0.2, -0.15) is 4.28 Å². The molecule has 1 saturated heterocycles. The highest BCUT2D eigenvalue weighted by Crippen LogP contribution is 2.32. The number of carboxylic acids is 1. The molecule has 1 N–H and O–H groups in total. The number of halogens is 1. The zero-order valence-corrected chi connectivity index (χ0v) is 14.4. The van der Waals surface area contributed by atoms with Crippen molar-refractivity contribution in [2.75, 3.05) is 6.54 Å². The smallest absolute Gasteiger partial charge is 0.303 e. The number of hydrogen-bond donors (Lipinski definition) is 1. The van der Waals surface area contributed by atoms with Gasteiger partial charge in [0.2, 0.25) is 5.09 Å². The first-order valence-corrected chi connectivity index (χ1v) is 8.66. The highest BCUT2D eigenvalue weighted by molar-refractivity contribution is 9.10. The molecule has 5 nitrogen and oxygen atoms in total. The van der Waals surface area contributed by atoms with Crippen molar-refractivity contribution >= 4 is 40.0 Å². The second-order valence-electron chi connectivity index (χ2n) is 4.88. The fourth-order valence-electron chi connectivity index (χ4n) is 1.95. The van der Waals surface area contributed by atoms with E-state index in [1.54, 1.807) is 0 Å². The third kappa shape index (κ3) is 6.39. The average Bonchev–Trinajstić information content (AvgIpc) is 2.90. The van der Waals surface area contributed by atoms with Crippen molar-refractivity contribution in [2.24, 2.45) is 0 Å². The van der Waals surface area contributed by atoms with E-state index in [9.17, 15) is 4.79 Å². The van der Waals surface area contributed by atoms with Crippen LogP contribution < -0.4 is 0 Å². The van der Waals surface area contributed by atoms with Crippen LogP contribution in [0.2, 0.25) is 0 Å². The van der Waals surface area contributed by atoms with Gasteiger partial charge in [0, 0.05) is 10.9 Å². The molecule has 1 aliphatic heterocycles. The summed E-state index contributed by atoms with van der Waals surface area (Å²) in [6.07, 6.45) is 5.67. The standard InChI is InChI=1S/C15H18BrNO4S/c16-13-7-5-6-12(10-13)11-15-20-17(21-22-15)9-4-2-1-3-8-14(18)19/h5-7,10-11H,1-4,8-9H2,(H,18,19). The molecule has 0 aliphatic carbocycles. The van der Waals surface area contributed by atoms with Gasteiger partial charge in [0.05, 0.1) is 18.6 Å². The van der Waals surface area contributed by atoms with Crippen LogP contribution >= 0.6 is 28.0 Å². The Bertz CT molecular complexity index is 538. The number of carboxylic acid groups (broad SMARTS) is 1. The minimum Gasteiger partial charge on any atom is -0.481 e. The van der Waals surface area contributed by atoms with E-state index in [2.05, 4.69) is 15.9 Å². The molecule has 0 atom stereocenters. The van der Waals surface area contributed by atoms with E-state index >= 15 is 0 Å². The van der Waals surface area contributed by atoms with E-state index in [-0.39, 0.29) is 6.42 Å². The predicted molar refractivity (Wildman–Crippen MR) is 89.3 cm³/mol. The van der Waals surface area contributed by atoms with Crippen molar-refractivity contribution < 1.29 is 19.0 Å². The molecule has 0 saturated carbocycles. The second kappa shape index (κ2) is 9.19. The summed E-state index contributed by atoms with van der Waals surface area (Å²) < 4.78 is 6.38. The van der Waals surface area contributed by atoms with E-state index in [1.165, 1.54) is 17.3 Å². The summed E-state index contributed by atoms with van der Waals surface area (Å²) in [5, 5.41) is 10.7. The lowest BCUT2D eigenvalue weighted by atomic mass is 10.1. The SMILES string of the molecule is O=C(O)CCCCCCN1OSC(=Cc2cccc(Br)c2)O1. The van der Waals surface area contributed by atoms with Crippen LogP contribution in [0.1, 0.15) is 37.7 Å². The first-order chi connectivity index (χ1) is 10.6. The van der Waals surface area contributed by atoms with Crippen LogP contribution in [0.3, 0.4) is 0 Å². The molecule has 1 fully saturated rings. The zero-order chi connectivity index (χ0) is 15.8. The third-order valence-corrected chi connectivity index (χ3v) is 4.10. The molecule has 22 heavy (non-hydrogen) atoms. The maximum absolute atomic E-state index is 10.4. The van der Waals surface area contributed by atoms with Gasteiger partial charge in [-0.25, -0.2) is 0 Å². The fourth-order valence-corrected chi connectivity index (χ4v) is 2.92. The Morgan fingerprint density at radius 3 is 2.91 bits per heavy atom. The van der Waals surface area contributed by atoms with Gasteiger partial charge in [-0.15, -0.1) is 0 Å². The zero-order valence-electron chi connectivity index (χ0n) is 12.0. The Morgan fingerprint density at radius 1 is 1.32 bits per heavy atom. The first kappa shape index (κ1) is 17.3. The summed E-state index contributed by atoms with van der Waals surface area (Å²) in [5.74, 6) is -0.732. The van der Waals surface area contributed by atoms with E-state index in [1.807, 2.05) is 30.3 Å². The Morgan fingerprint density at radius 2 is 2.14 bits per heavy atom. The number of hydrogen-bond acceptors (Lipinski definition) is 5. The molecule has 0 aromatic heterocycles. The van der Waals surface area contributed by atoms with Gasteiger partial charge in [-0.1, -0.05) is 40.9 Å². The maximum Gasteiger partial charge on any atom is 0.303 e. The molecular formula is C15H18BrNO4S. The lowest BCUT2D eigenvalue weighted by Crippen LogP contribution is -2.16. The molecule has 7 heteroatoms. The van der Waals surface area contributed by atoms with E-state index < -0.39 is 5.97 Å². The summed E-state index contributed by atoms with van der Waals surface area (Å²) in [6.45, 7) is 0.663. The van der Waals surface area contributed by atoms with E-state index in [4.69, 9.17) is 14.2 Å². The number of unbranched alkanes of at least 4 members (excludes halogenated alkanes) is 3. The predicted octanol–water partition coefficient (Wildman–Crippen LogP) is 4.61. The second-order valence-corrected chi connectivity index (χ2v) is 6.52. The van der Waals surface area contributed by atoms with Crippen molar-refractivity contribution in [3.05, 3.63) is 39.4 Å². The van der Waals surface area contributed by atoms with Crippen LogP contribution in [0.4, 0.5) is 0 Å². The molecule has 1 aromatic carbocycles. The summed E-state index contributed by atoms with van der Waals surface area (Å²) in [5.41, 5.74) is 1.04. The molecule has 0 bridgehead atoms. The van der Waals surface area contributed by atoms with Crippen molar-refractivity contribution in [3.8, 4) is 0 Å². The quantitative estimate of drug-likeness (QED) is 0.519. The Balaban J connectivity index is 1.66. The Hall–Kier alpha value is -1.02. The van der Waals surface area contributed by atoms with Crippen molar-refractivity contribution in [2.45, 2.75) is 32.1 Å². The molecule has 1 aromatic rings. The van der Waals surface area contributed by atoms with Gasteiger partial charge >= 0.3 is 5.97 Å². The lowest BCUT2D eigenvalue weighted by molar-refractivity contribution is -0.259. The highest BCUT2D eigenvalue weighted by Gasteiger charge is 2.20. The molecule has 2 rings (SSSR count). The van der Waals surface area contributed by atoms with E-state index in [0.717, 1.165) is 35.7 Å². The molecule has 120 valence electrons. The summed E-state index contributed by atoms with van der Waals surface area (Å²) in [7, 11) is 0. The number of benzene rings is 1. The Kier molecular flexibility index (Phi) is 7.24. The summed E-state index contributed by atoms with van der Waals surface area (Å²) in [4.78, 5) is 16.0. The third-order valence-electron chi connectivity index (χ3n) is 3.01. The van der Waals surface area contributed by atoms with Gasteiger partial charge < -0.3 is 9.94 Å². The van der Waals surface area contributed by atoms with Crippen molar-refractivity contribution in [3.63, 3.8) is 0 Å². The molecule has 0 radical (unpaired) electrons. The van der Waals surface area contributed by atoms with Crippen molar-refractivity contribution in [1.82, 2.24) is 5.23 Å². The van der Waals surface area contributed by atoms with Crippen LogP contribution in [0.5, 0.6) is 0 Å². The Labute approximate surface area is 142 Å². The van der Waals surface area contributed by atoms with Crippen LogP contribution in [-0.4, -0.2) is 22.8 Å². The van der Waals surface area contributed by atoms with Gasteiger partial charge in [0.1, 0.15) is 0 Å². The fraction of sp³-hybridized carbons (Fsp3) is 0.400. The van der Waals surface area contributed by atoms with Crippen molar-refractivity contribution in [1.29, 1.82) is 0 Å². The minimum atomic E-state index is -0.732. The largest absolute Gasteiger partial charge is 0.481 e. The normalized spacial score (nSPS) is 16.9.